The van der Waals surface area contributed by atoms with Crippen molar-refractivity contribution in [1.29, 1.82) is 0 Å². The van der Waals surface area contributed by atoms with Crippen LogP contribution in [0.1, 0.15) is 27.0 Å². The molecule has 4 N–H and O–H groups in total. The van der Waals surface area contributed by atoms with Gasteiger partial charge in [-0.25, -0.2) is 14.3 Å². The number of nitrogens with one attached hydrogen (secondary N) is 1. The number of nitrogens with two attached hydrogens (primary N) is 1. The molecule has 15 heteroatoms. The molecule has 1 aromatic carbocycles. The lowest BCUT2D eigenvalue weighted by molar-refractivity contribution is -0.149. The van der Waals surface area contributed by atoms with Gasteiger partial charge in [0, 0.05) is 6.20 Å². The molecule has 0 bridgehead atoms. The summed E-state index contributed by atoms with van der Waals surface area (Å²) < 4.78 is 38.4. The van der Waals surface area contributed by atoms with Crippen LogP contribution in [0.3, 0.4) is 0 Å². The third kappa shape index (κ3) is 6.80. The fourth-order valence-electron chi connectivity index (χ4n) is 3.22. The number of esters is 1. The molecule has 0 spiro atoms. The van der Waals surface area contributed by atoms with E-state index in [4.69, 9.17) is 47.7 Å². The smallest absolute Gasteiger partial charge is 0.351 e. The zero-order valence-electron chi connectivity index (χ0n) is 19.6. The largest absolute Gasteiger partial charge is 0.462 e. The number of anilines is 1. The Bertz CT molecular complexity index is 1170. The molecule has 2 aromatic rings. The molecule has 11 nitrogen and oxygen atoms in total. The average molecular weight is 565 g/mol. The number of carbonyl (C=O) groups excluding carboxylic acids is 1. The highest BCUT2D eigenvalue weighted by Crippen LogP contribution is 2.48. The molecule has 36 heavy (non-hydrogen) atoms. The topological polar surface area (TPSA) is 147 Å². The Balaban J connectivity index is 1.79. The van der Waals surface area contributed by atoms with E-state index in [0.717, 1.165) is 10.8 Å². The Morgan fingerprint density at radius 2 is 2.06 bits per heavy atom. The summed E-state index contributed by atoms with van der Waals surface area (Å²) in [7, 11) is 0. The van der Waals surface area contributed by atoms with Gasteiger partial charge in [-0.05, 0) is 50.8 Å². The maximum atomic E-state index is 15.3. The first-order chi connectivity index (χ1) is 16.8. The number of para-hydroxylation sites is 1. The monoisotopic (exact) mass is 564 g/mol. The van der Waals surface area contributed by atoms with Crippen LogP contribution in [-0.4, -0.2) is 56.7 Å². The zero-order chi connectivity index (χ0) is 26.7. The minimum Gasteiger partial charge on any atom is -0.462 e. The number of nitrogens with zero attached hydrogens (tertiary/aromatic N) is 2. The number of aromatic nitrogens is 2. The number of halogens is 2. The summed E-state index contributed by atoms with van der Waals surface area (Å²) >= 11 is 11.5. The first-order valence-corrected chi connectivity index (χ1v) is 13.9. The number of rotatable bonds is 10. The number of aliphatic hydroxyl groups is 1. The van der Waals surface area contributed by atoms with Crippen molar-refractivity contribution in [3.05, 3.63) is 53.1 Å². The maximum Gasteiger partial charge on any atom is 0.351 e. The first-order valence-electron chi connectivity index (χ1n) is 10.9. The Morgan fingerprint density at radius 3 is 2.67 bits per heavy atom. The van der Waals surface area contributed by atoms with Crippen molar-refractivity contribution in [2.24, 2.45) is 0 Å². The van der Waals surface area contributed by atoms with E-state index in [2.05, 4.69) is 10.1 Å². The van der Waals surface area contributed by atoms with Gasteiger partial charge in [0.15, 0.2) is 6.23 Å². The molecule has 1 aromatic heterocycles. The quantitative estimate of drug-likeness (QED) is 0.222. The maximum absolute atomic E-state index is 15.3. The number of hydrogen-bond acceptors (Lipinski definition) is 10. The summed E-state index contributed by atoms with van der Waals surface area (Å²) in [6, 6.07) is 8.79. The van der Waals surface area contributed by atoms with Gasteiger partial charge in [0.25, 0.3) is 5.13 Å². The van der Waals surface area contributed by atoms with Crippen LogP contribution in [0.15, 0.2) is 47.4 Å². The summed E-state index contributed by atoms with van der Waals surface area (Å²) in [4.78, 5) is 28.0. The standard InChI is InChI=1S/C21H27ClFN4O7PS/c1-12(2)32-18(29)13(3)26-35(36,34-14-7-5-4-6-8-14)31-11-15-17(28)21(22,23)19(33-15)27-10-9-16(24)25-20(27)30/h4-10,12-13,15,17,19,28H,11H2,1-3H3,(H,26,36)(H2,24,25,30)/t13-,15+,17+,19+,21+,35?/m0/s1. The number of carbonyl (C=O) groups is 1. The minimum absolute atomic E-state index is 0.0800. The highest BCUT2D eigenvalue weighted by atomic mass is 35.5. The molecule has 0 radical (unpaired) electrons. The molecule has 2 heterocycles. The van der Waals surface area contributed by atoms with Gasteiger partial charge in [0.1, 0.15) is 29.8 Å². The second-order valence-electron chi connectivity index (χ2n) is 8.22. The lowest BCUT2D eigenvalue weighted by Gasteiger charge is -2.28. The molecular weight excluding hydrogens is 538 g/mol. The Kier molecular flexibility index (Phi) is 9.10. The van der Waals surface area contributed by atoms with Gasteiger partial charge in [-0.1, -0.05) is 29.8 Å². The molecule has 1 saturated heterocycles. The number of hydrogen-bond donors (Lipinski definition) is 3. The van der Waals surface area contributed by atoms with Crippen LogP contribution in [-0.2, 0) is 30.6 Å². The summed E-state index contributed by atoms with van der Waals surface area (Å²) in [6.07, 6.45) is -4.22. The molecular formula is C21H27ClFN4O7PS. The van der Waals surface area contributed by atoms with Crippen molar-refractivity contribution in [2.45, 2.75) is 56.5 Å². The molecule has 198 valence electrons. The van der Waals surface area contributed by atoms with E-state index in [1.807, 2.05) is 0 Å². The van der Waals surface area contributed by atoms with Gasteiger partial charge in [-0.2, -0.15) is 4.98 Å². The third-order valence-corrected chi connectivity index (χ3v) is 7.83. The number of benzene rings is 1. The molecule has 6 atom stereocenters. The fourth-order valence-corrected chi connectivity index (χ4v) is 5.93. The summed E-state index contributed by atoms with van der Waals surface area (Å²) in [5.74, 6) is -0.320. The number of nitrogen functional groups attached to an aromatic ring is 1. The van der Waals surface area contributed by atoms with Crippen molar-refractivity contribution < 1.29 is 32.8 Å². The van der Waals surface area contributed by atoms with E-state index in [9.17, 15) is 14.7 Å². The molecule has 1 unspecified atom stereocenters. The number of aliphatic hydroxyl groups excluding tert-OH is 1. The van der Waals surface area contributed by atoms with E-state index in [1.54, 1.807) is 44.2 Å². The first kappa shape index (κ1) is 28.5. The van der Waals surface area contributed by atoms with Gasteiger partial charge >= 0.3 is 18.3 Å². The summed E-state index contributed by atoms with van der Waals surface area (Å²) in [6.45, 7) is 0.933. The van der Waals surface area contributed by atoms with Crippen LogP contribution in [0, 0.1) is 0 Å². The molecule has 0 saturated carbocycles. The highest BCUT2D eigenvalue weighted by Gasteiger charge is 2.58. The van der Waals surface area contributed by atoms with Crippen molar-refractivity contribution in [2.75, 3.05) is 12.3 Å². The predicted octanol–water partition coefficient (Wildman–Crippen LogP) is 2.24. The van der Waals surface area contributed by atoms with Crippen LogP contribution >= 0.6 is 18.2 Å². The fraction of sp³-hybridized carbons (Fsp3) is 0.476. The van der Waals surface area contributed by atoms with Crippen LogP contribution in [0.4, 0.5) is 10.2 Å². The Hall–Kier alpha value is -2.12. The van der Waals surface area contributed by atoms with Crippen LogP contribution in [0.2, 0.25) is 0 Å². The van der Waals surface area contributed by atoms with Gasteiger partial charge < -0.3 is 29.4 Å². The van der Waals surface area contributed by atoms with E-state index < -0.39 is 54.5 Å². The Labute approximate surface area is 216 Å². The molecule has 1 fully saturated rings. The van der Waals surface area contributed by atoms with Crippen LogP contribution < -0.4 is 21.0 Å². The normalized spacial score (nSPS) is 26.4. The highest BCUT2D eigenvalue weighted by molar-refractivity contribution is 8.09. The van der Waals surface area contributed by atoms with Crippen LogP contribution in [0.5, 0.6) is 5.75 Å². The van der Waals surface area contributed by atoms with Gasteiger partial charge in [0.2, 0.25) is 0 Å². The SMILES string of the molecule is CC(C)OC(=O)[C@H](C)NP(=S)(OC[C@H]1O[C@@H](n2ccc(N)nc2=O)[C@@](F)(Cl)[C@@H]1O)Oc1ccccc1. The van der Waals surface area contributed by atoms with E-state index >= 15 is 4.39 Å². The second kappa shape index (κ2) is 11.5. The summed E-state index contributed by atoms with van der Waals surface area (Å²) in [5, 5.41) is 10.4. The van der Waals surface area contributed by atoms with E-state index in [-0.39, 0.29) is 11.9 Å². The van der Waals surface area contributed by atoms with Gasteiger partial charge in [-0.15, -0.1) is 0 Å². The van der Waals surface area contributed by atoms with E-state index in [0.29, 0.717) is 5.75 Å². The van der Waals surface area contributed by atoms with Crippen molar-refractivity contribution in [3.8, 4) is 5.75 Å². The lowest BCUT2D eigenvalue weighted by atomic mass is 10.1. The van der Waals surface area contributed by atoms with Crippen LogP contribution in [0.25, 0.3) is 0 Å². The zero-order valence-corrected chi connectivity index (χ0v) is 22.1. The second-order valence-corrected chi connectivity index (χ2v) is 11.9. The minimum atomic E-state index is -3.49. The van der Waals surface area contributed by atoms with Gasteiger partial charge in [-0.3, -0.25) is 9.36 Å². The molecule has 1 aliphatic rings. The van der Waals surface area contributed by atoms with E-state index in [1.165, 1.54) is 13.0 Å². The van der Waals surface area contributed by atoms with Crippen molar-refractivity contribution in [3.63, 3.8) is 0 Å². The molecule has 0 aliphatic carbocycles. The molecule has 3 rings (SSSR count). The lowest BCUT2D eigenvalue weighted by Crippen LogP contribution is -2.41. The molecule has 0 amide bonds. The Morgan fingerprint density at radius 1 is 1.39 bits per heavy atom. The number of alkyl halides is 2. The van der Waals surface area contributed by atoms with Gasteiger partial charge in [0.05, 0.1) is 12.7 Å². The summed E-state index contributed by atoms with van der Waals surface area (Å²) in [5.41, 5.74) is 4.55. The third-order valence-electron chi connectivity index (χ3n) is 4.92. The van der Waals surface area contributed by atoms with Crippen molar-refractivity contribution >= 4 is 41.8 Å². The average Bonchev–Trinajstić information content (AvgIpc) is 3.01. The number of ether oxygens (including phenoxy) is 2. The van der Waals surface area contributed by atoms with Crippen molar-refractivity contribution in [1.82, 2.24) is 14.6 Å². The molecule has 1 aliphatic heterocycles. The predicted molar refractivity (Wildman–Crippen MR) is 134 cm³/mol.